The highest BCUT2D eigenvalue weighted by Gasteiger charge is 2.19. The summed E-state index contributed by atoms with van der Waals surface area (Å²) < 4.78 is 5.78. The number of aliphatic hydroxyl groups excluding tert-OH is 1. The second-order valence-corrected chi connectivity index (χ2v) is 5.50. The summed E-state index contributed by atoms with van der Waals surface area (Å²) in [6.45, 7) is 2.82. The van der Waals surface area contributed by atoms with Gasteiger partial charge >= 0.3 is 0 Å². The fraction of sp³-hybridized carbons (Fsp3) is 0.333. The smallest absolute Gasteiger partial charge is 0.128 e. The van der Waals surface area contributed by atoms with Crippen molar-refractivity contribution in [3.63, 3.8) is 0 Å². The van der Waals surface area contributed by atoms with Gasteiger partial charge in [-0.3, -0.25) is 0 Å². The lowest BCUT2D eigenvalue weighted by Crippen LogP contribution is -2.13. The van der Waals surface area contributed by atoms with Crippen LogP contribution < -0.4 is 4.74 Å². The largest absolute Gasteiger partial charge is 0.493 e. The molecule has 1 N–H and O–H groups in total. The van der Waals surface area contributed by atoms with Gasteiger partial charge in [-0.05, 0) is 30.9 Å². The highest BCUT2D eigenvalue weighted by atomic mass is 16.5. The Hall–Kier alpha value is -1.80. The molecule has 2 aromatic rings. The Morgan fingerprint density at radius 2 is 2.05 bits per heavy atom. The summed E-state index contributed by atoms with van der Waals surface area (Å²) >= 11 is 0. The van der Waals surface area contributed by atoms with Gasteiger partial charge in [-0.1, -0.05) is 48.0 Å². The van der Waals surface area contributed by atoms with E-state index in [1.54, 1.807) is 0 Å². The fourth-order valence-corrected chi connectivity index (χ4v) is 2.85. The molecule has 1 unspecified atom stereocenters. The maximum atomic E-state index is 10.5. The number of fused-ring (bicyclic) bond motifs is 1. The molecule has 2 aromatic carbocycles. The third-order valence-electron chi connectivity index (χ3n) is 3.83. The molecular formula is C18H20O2. The summed E-state index contributed by atoms with van der Waals surface area (Å²) in [6.07, 6.45) is 2.22. The number of aryl methyl sites for hydroxylation is 2. The molecule has 20 heavy (non-hydrogen) atoms. The SMILES string of the molecule is Cc1cccc(CC(O)c2cccc3c2OCCC3)c1. The molecule has 0 fully saturated rings. The van der Waals surface area contributed by atoms with E-state index >= 15 is 0 Å². The number of rotatable bonds is 3. The molecule has 0 aliphatic carbocycles. The van der Waals surface area contributed by atoms with E-state index in [-0.39, 0.29) is 0 Å². The molecule has 0 radical (unpaired) electrons. The highest BCUT2D eigenvalue weighted by Crippen LogP contribution is 2.34. The van der Waals surface area contributed by atoms with Gasteiger partial charge in [-0.25, -0.2) is 0 Å². The van der Waals surface area contributed by atoms with Gasteiger partial charge in [0, 0.05) is 12.0 Å². The van der Waals surface area contributed by atoms with Crippen LogP contribution in [0.4, 0.5) is 0 Å². The molecule has 1 aliphatic rings. The topological polar surface area (TPSA) is 29.5 Å². The Morgan fingerprint density at radius 3 is 2.90 bits per heavy atom. The van der Waals surface area contributed by atoms with Crippen LogP contribution in [0.15, 0.2) is 42.5 Å². The lowest BCUT2D eigenvalue weighted by atomic mass is 9.95. The van der Waals surface area contributed by atoms with Crippen molar-refractivity contribution < 1.29 is 9.84 Å². The van der Waals surface area contributed by atoms with Crippen LogP contribution in [0.1, 0.15) is 34.8 Å². The molecular weight excluding hydrogens is 248 g/mol. The Morgan fingerprint density at radius 1 is 1.20 bits per heavy atom. The van der Waals surface area contributed by atoms with Crippen LogP contribution >= 0.6 is 0 Å². The molecule has 0 bridgehead atoms. The first kappa shape index (κ1) is 13.2. The lowest BCUT2D eigenvalue weighted by Gasteiger charge is -2.22. The number of ether oxygens (including phenoxy) is 1. The van der Waals surface area contributed by atoms with Crippen LogP contribution in [-0.2, 0) is 12.8 Å². The van der Waals surface area contributed by atoms with Crippen molar-refractivity contribution in [3.8, 4) is 5.75 Å². The molecule has 3 rings (SSSR count). The van der Waals surface area contributed by atoms with Gasteiger partial charge in [0.05, 0.1) is 12.7 Å². The fourth-order valence-electron chi connectivity index (χ4n) is 2.85. The molecule has 2 heteroatoms. The summed E-state index contributed by atoms with van der Waals surface area (Å²) in [5.74, 6) is 0.902. The second-order valence-electron chi connectivity index (χ2n) is 5.50. The monoisotopic (exact) mass is 268 g/mol. The predicted molar refractivity (Wildman–Crippen MR) is 80.1 cm³/mol. The number of hydrogen-bond acceptors (Lipinski definition) is 2. The normalized spacial score (nSPS) is 15.3. The standard InChI is InChI=1S/C18H20O2/c1-13-5-2-6-14(11-13)12-17(19)16-9-3-7-15-8-4-10-20-18(15)16/h2-3,5-7,9,11,17,19H,4,8,10,12H2,1H3. The van der Waals surface area contributed by atoms with Gasteiger partial charge in [0.1, 0.15) is 5.75 Å². The first-order valence-corrected chi connectivity index (χ1v) is 7.22. The van der Waals surface area contributed by atoms with Gasteiger partial charge in [0.2, 0.25) is 0 Å². The van der Waals surface area contributed by atoms with Crippen LogP contribution in [0.3, 0.4) is 0 Å². The maximum Gasteiger partial charge on any atom is 0.128 e. The summed E-state index contributed by atoms with van der Waals surface area (Å²) in [5.41, 5.74) is 4.52. The first-order valence-electron chi connectivity index (χ1n) is 7.22. The third kappa shape index (κ3) is 2.70. The van der Waals surface area contributed by atoms with Crippen molar-refractivity contribution in [2.45, 2.75) is 32.3 Å². The van der Waals surface area contributed by atoms with Crippen LogP contribution in [0.2, 0.25) is 0 Å². The molecule has 0 saturated heterocycles. The van der Waals surface area contributed by atoms with E-state index < -0.39 is 6.10 Å². The zero-order valence-electron chi connectivity index (χ0n) is 11.8. The summed E-state index contributed by atoms with van der Waals surface area (Å²) in [4.78, 5) is 0. The maximum absolute atomic E-state index is 10.5. The lowest BCUT2D eigenvalue weighted by molar-refractivity contribution is 0.169. The quantitative estimate of drug-likeness (QED) is 0.921. The van der Waals surface area contributed by atoms with Crippen molar-refractivity contribution in [3.05, 3.63) is 64.7 Å². The Balaban J connectivity index is 1.85. The van der Waals surface area contributed by atoms with Crippen LogP contribution in [0, 0.1) is 6.92 Å². The molecule has 104 valence electrons. The first-order chi connectivity index (χ1) is 9.74. The van der Waals surface area contributed by atoms with Gasteiger partial charge < -0.3 is 9.84 Å². The Kier molecular flexibility index (Phi) is 3.75. The van der Waals surface area contributed by atoms with Crippen molar-refractivity contribution in [2.75, 3.05) is 6.61 Å². The average molecular weight is 268 g/mol. The van der Waals surface area contributed by atoms with Crippen molar-refractivity contribution in [1.29, 1.82) is 0 Å². The van der Waals surface area contributed by atoms with E-state index in [9.17, 15) is 5.11 Å². The van der Waals surface area contributed by atoms with Crippen molar-refractivity contribution >= 4 is 0 Å². The van der Waals surface area contributed by atoms with E-state index in [2.05, 4.69) is 31.2 Å². The zero-order valence-corrected chi connectivity index (χ0v) is 11.8. The summed E-state index contributed by atoms with van der Waals surface area (Å²) in [6, 6.07) is 14.4. The molecule has 0 amide bonds. The minimum atomic E-state index is -0.509. The molecule has 1 aliphatic heterocycles. The van der Waals surface area contributed by atoms with E-state index in [1.165, 1.54) is 11.1 Å². The molecule has 1 atom stereocenters. The van der Waals surface area contributed by atoms with Crippen molar-refractivity contribution in [2.24, 2.45) is 0 Å². The van der Waals surface area contributed by atoms with Gasteiger partial charge in [-0.2, -0.15) is 0 Å². The summed E-state index contributed by atoms with van der Waals surface area (Å²) in [7, 11) is 0. The van der Waals surface area contributed by atoms with Crippen molar-refractivity contribution in [1.82, 2.24) is 0 Å². The predicted octanol–water partition coefficient (Wildman–Crippen LogP) is 3.60. The number of benzene rings is 2. The zero-order chi connectivity index (χ0) is 13.9. The van der Waals surface area contributed by atoms with E-state index in [1.807, 2.05) is 18.2 Å². The van der Waals surface area contributed by atoms with E-state index in [4.69, 9.17) is 4.74 Å². The van der Waals surface area contributed by atoms with Crippen LogP contribution in [0.25, 0.3) is 0 Å². The highest BCUT2D eigenvalue weighted by molar-refractivity contribution is 5.44. The van der Waals surface area contributed by atoms with E-state index in [0.717, 1.165) is 36.3 Å². The van der Waals surface area contributed by atoms with Crippen LogP contribution in [0.5, 0.6) is 5.75 Å². The van der Waals surface area contributed by atoms with Gasteiger partial charge in [0.15, 0.2) is 0 Å². The van der Waals surface area contributed by atoms with Gasteiger partial charge in [-0.15, -0.1) is 0 Å². The molecule has 0 spiro atoms. The van der Waals surface area contributed by atoms with Crippen LogP contribution in [-0.4, -0.2) is 11.7 Å². The Labute approximate surface area is 120 Å². The molecule has 0 saturated carbocycles. The Bertz CT molecular complexity index is 604. The third-order valence-corrected chi connectivity index (χ3v) is 3.83. The number of hydrogen-bond donors (Lipinski definition) is 1. The van der Waals surface area contributed by atoms with Gasteiger partial charge in [0.25, 0.3) is 0 Å². The van der Waals surface area contributed by atoms with E-state index in [0.29, 0.717) is 6.42 Å². The average Bonchev–Trinajstić information content (AvgIpc) is 2.46. The molecule has 0 aromatic heterocycles. The number of para-hydroxylation sites is 1. The second kappa shape index (κ2) is 5.68. The summed E-state index contributed by atoms with van der Waals surface area (Å²) in [5, 5.41) is 10.5. The molecule has 2 nitrogen and oxygen atoms in total. The minimum Gasteiger partial charge on any atom is -0.493 e. The number of aliphatic hydroxyl groups is 1. The minimum absolute atomic E-state index is 0.509. The molecule has 1 heterocycles.